The molecule has 0 atom stereocenters. The van der Waals surface area contributed by atoms with Crippen LogP contribution in [0.1, 0.15) is 0 Å². The molecule has 0 bridgehead atoms. The van der Waals surface area contributed by atoms with Crippen LogP contribution in [0.4, 0.5) is 10.6 Å². The highest BCUT2D eigenvalue weighted by Gasteiger charge is 2.38. The molecule has 104 valence electrons. The average Bonchev–Trinajstić information content (AvgIpc) is 2.25. The maximum Gasteiger partial charge on any atom is 0.404 e. The molecule has 19 heavy (non-hydrogen) atoms. The fourth-order valence-electron chi connectivity index (χ4n) is 1.68. The van der Waals surface area contributed by atoms with Gasteiger partial charge >= 0.3 is 6.09 Å². The number of nitrogens with two attached hydrogens (primary N) is 1. The van der Waals surface area contributed by atoms with Crippen molar-refractivity contribution in [2.45, 2.75) is 10.9 Å². The normalized spacial score (nSPS) is 16.9. The number of carbonyl (C=O) groups is 1. The molecule has 1 aromatic rings. The molecule has 0 saturated carbocycles. The van der Waals surface area contributed by atoms with Crippen LogP contribution in [0, 0.1) is 0 Å². The van der Waals surface area contributed by atoms with E-state index in [1.807, 2.05) is 0 Å². The number of nitrogens with one attached hydrogen (secondary N) is 1. The summed E-state index contributed by atoms with van der Waals surface area (Å²) in [7, 11) is -3.74. The molecule has 1 saturated heterocycles. The molecule has 0 aromatic carbocycles. The fourth-order valence-corrected chi connectivity index (χ4v) is 3.78. The lowest BCUT2D eigenvalue weighted by molar-refractivity contribution is 0.168. The third-order valence-corrected chi connectivity index (χ3v) is 4.94. The van der Waals surface area contributed by atoms with E-state index in [2.05, 4.69) is 26.2 Å². The lowest BCUT2D eigenvalue weighted by Gasteiger charge is -2.37. The molecule has 0 aliphatic carbocycles. The van der Waals surface area contributed by atoms with Gasteiger partial charge in [0.2, 0.25) is 10.0 Å². The van der Waals surface area contributed by atoms with Crippen LogP contribution in [0.3, 0.4) is 0 Å². The van der Waals surface area contributed by atoms with Crippen LogP contribution in [0.25, 0.3) is 0 Å². The van der Waals surface area contributed by atoms with Crippen LogP contribution in [-0.2, 0) is 10.0 Å². The number of aromatic nitrogens is 1. The number of halogens is 1. The van der Waals surface area contributed by atoms with Crippen LogP contribution in [0.2, 0.25) is 0 Å². The highest BCUT2D eigenvalue weighted by atomic mass is 79.9. The molecule has 4 N–H and O–H groups in total. The van der Waals surface area contributed by atoms with Gasteiger partial charge in [0.1, 0.15) is 10.7 Å². The minimum atomic E-state index is -3.74. The molecule has 0 radical (unpaired) electrons. The molecule has 2 rings (SSSR count). The van der Waals surface area contributed by atoms with Crippen molar-refractivity contribution in [2.24, 2.45) is 0 Å². The molecule has 8 nitrogen and oxygen atoms in total. The molecular weight excluding hydrogens is 340 g/mol. The van der Waals surface area contributed by atoms with Crippen LogP contribution in [0.15, 0.2) is 21.6 Å². The number of amides is 1. The molecule has 1 fully saturated rings. The SMILES string of the molecule is Nc1ncc(Br)cc1S(=O)(=O)N1CC(NC(=O)O)C1. The number of hydrogen-bond acceptors (Lipinski definition) is 5. The topological polar surface area (TPSA) is 126 Å². The zero-order valence-electron chi connectivity index (χ0n) is 9.58. The molecule has 1 amide bonds. The highest BCUT2D eigenvalue weighted by Crippen LogP contribution is 2.27. The summed E-state index contributed by atoms with van der Waals surface area (Å²) < 4.78 is 26.1. The summed E-state index contributed by atoms with van der Waals surface area (Å²) in [6.45, 7) is 0.168. The van der Waals surface area contributed by atoms with Crippen molar-refractivity contribution in [1.29, 1.82) is 0 Å². The van der Waals surface area contributed by atoms with Gasteiger partial charge in [0.25, 0.3) is 0 Å². The summed E-state index contributed by atoms with van der Waals surface area (Å²) in [5.41, 5.74) is 5.56. The maximum absolute atomic E-state index is 12.2. The summed E-state index contributed by atoms with van der Waals surface area (Å²) in [6.07, 6.45) is 0.227. The van der Waals surface area contributed by atoms with E-state index < -0.39 is 22.2 Å². The Hall–Kier alpha value is -1.39. The first-order valence-corrected chi connectivity index (χ1v) is 7.44. The molecule has 1 aromatic heterocycles. The first-order valence-electron chi connectivity index (χ1n) is 5.21. The Bertz CT molecular complexity index is 615. The van der Waals surface area contributed by atoms with Gasteiger partial charge in [0, 0.05) is 23.8 Å². The van der Waals surface area contributed by atoms with E-state index in [1.165, 1.54) is 12.3 Å². The van der Waals surface area contributed by atoms with E-state index in [0.29, 0.717) is 4.47 Å². The van der Waals surface area contributed by atoms with Crippen molar-refractivity contribution in [3.05, 3.63) is 16.7 Å². The summed E-state index contributed by atoms with van der Waals surface area (Å²) in [5, 5.41) is 10.7. The van der Waals surface area contributed by atoms with Crippen LogP contribution >= 0.6 is 15.9 Å². The Morgan fingerprint density at radius 1 is 1.58 bits per heavy atom. The minimum absolute atomic E-state index is 0.0839. The van der Waals surface area contributed by atoms with E-state index in [1.54, 1.807) is 0 Å². The lowest BCUT2D eigenvalue weighted by Crippen LogP contribution is -2.60. The van der Waals surface area contributed by atoms with Crippen molar-refractivity contribution in [1.82, 2.24) is 14.6 Å². The fraction of sp³-hybridized carbons (Fsp3) is 0.333. The summed E-state index contributed by atoms with van der Waals surface area (Å²) in [6, 6.07) is 0.976. The number of hydrogen-bond donors (Lipinski definition) is 3. The smallest absolute Gasteiger partial charge is 0.404 e. The van der Waals surface area contributed by atoms with Gasteiger partial charge in [-0.25, -0.2) is 18.2 Å². The predicted molar refractivity (Wildman–Crippen MR) is 70.1 cm³/mol. The minimum Gasteiger partial charge on any atom is -0.465 e. The van der Waals surface area contributed by atoms with Crippen LogP contribution in [0.5, 0.6) is 0 Å². The summed E-state index contributed by atoms with van der Waals surface area (Å²) in [4.78, 5) is 14.1. The maximum atomic E-state index is 12.2. The van der Waals surface area contributed by atoms with Gasteiger partial charge in [-0.15, -0.1) is 0 Å². The first kappa shape index (κ1) is 14.0. The third kappa shape index (κ3) is 2.80. The quantitative estimate of drug-likeness (QED) is 0.707. The monoisotopic (exact) mass is 350 g/mol. The van der Waals surface area contributed by atoms with Gasteiger partial charge in [-0.2, -0.15) is 4.31 Å². The first-order chi connectivity index (χ1) is 8.80. The van der Waals surface area contributed by atoms with Crippen LogP contribution < -0.4 is 11.1 Å². The molecular formula is C9H11BrN4O4S. The summed E-state index contributed by atoms with van der Waals surface area (Å²) >= 11 is 3.13. The molecule has 2 heterocycles. The van der Waals surface area contributed by atoms with Gasteiger partial charge in [-0.3, -0.25) is 0 Å². The molecule has 0 spiro atoms. The number of carboxylic acid groups (broad SMARTS) is 1. The molecule has 1 aliphatic heterocycles. The highest BCUT2D eigenvalue weighted by molar-refractivity contribution is 9.10. The van der Waals surface area contributed by atoms with Crippen molar-refractivity contribution in [3.8, 4) is 0 Å². The van der Waals surface area contributed by atoms with Crippen LogP contribution in [-0.4, -0.2) is 48.0 Å². The second-order valence-corrected chi connectivity index (χ2v) is 6.83. The van der Waals surface area contributed by atoms with Crippen molar-refractivity contribution < 1.29 is 18.3 Å². The van der Waals surface area contributed by atoms with Crippen molar-refractivity contribution in [2.75, 3.05) is 18.8 Å². The van der Waals surface area contributed by atoms with Crippen molar-refractivity contribution >= 4 is 37.9 Å². The Morgan fingerprint density at radius 2 is 2.21 bits per heavy atom. The molecule has 10 heteroatoms. The van der Waals surface area contributed by atoms with Gasteiger partial charge in [-0.1, -0.05) is 0 Å². The Kier molecular flexibility index (Phi) is 3.65. The Labute approximate surface area is 117 Å². The van der Waals surface area contributed by atoms with E-state index in [4.69, 9.17) is 10.8 Å². The number of sulfonamides is 1. The predicted octanol–water partition coefficient (Wildman–Crippen LogP) is 0.0668. The standard InChI is InChI=1S/C9H11BrN4O4S/c10-5-1-7(8(11)12-2-5)19(17,18)14-3-6(4-14)13-9(15)16/h1-2,6,13H,3-4H2,(H2,11,12)(H,15,16). The lowest BCUT2D eigenvalue weighted by atomic mass is 10.2. The number of nitrogen functional groups attached to an aromatic ring is 1. The second kappa shape index (κ2) is 4.94. The Balaban J connectivity index is 2.17. The third-order valence-electron chi connectivity index (χ3n) is 2.64. The van der Waals surface area contributed by atoms with Gasteiger partial charge in [0.15, 0.2) is 0 Å². The zero-order valence-corrected chi connectivity index (χ0v) is 12.0. The number of rotatable bonds is 3. The van der Waals surface area contributed by atoms with Crippen molar-refractivity contribution in [3.63, 3.8) is 0 Å². The summed E-state index contributed by atoms with van der Waals surface area (Å²) in [5.74, 6) is -0.0853. The van der Waals surface area contributed by atoms with Gasteiger partial charge < -0.3 is 16.2 Å². The largest absolute Gasteiger partial charge is 0.465 e. The number of pyridine rings is 1. The van der Waals surface area contributed by atoms with E-state index in [-0.39, 0.29) is 23.8 Å². The molecule has 0 unspecified atom stereocenters. The Morgan fingerprint density at radius 3 is 2.79 bits per heavy atom. The van der Waals surface area contributed by atoms with E-state index >= 15 is 0 Å². The zero-order chi connectivity index (χ0) is 14.2. The second-order valence-electron chi connectivity index (χ2n) is 4.01. The average molecular weight is 351 g/mol. The van der Waals surface area contributed by atoms with E-state index in [9.17, 15) is 13.2 Å². The molecule has 1 aliphatic rings. The van der Waals surface area contributed by atoms with Gasteiger partial charge in [0.05, 0.1) is 6.04 Å². The number of nitrogens with zero attached hydrogens (tertiary/aromatic N) is 2. The van der Waals surface area contributed by atoms with E-state index in [0.717, 1.165) is 4.31 Å². The number of anilines is 1. The van der Waals surface area contributed by atoms with Gasteiger partial charge in [-0.05, 0) is 22.0 Å².